The predicted molar refractivity (Wildman–Crippen MR) is 73.5 cm³/mol. The van der Waals surface area contributed by atoms with E-state index in [1.807, 2.05) is 6.92 Å². The summed E-state index contributed by atoms with van der Waals surface area (Å²) < 4.78 is 26.7. The molecular formula is C15H21F2NO2. The highest BCUT2D eigenvalue weighted by Crippen LogP contribution is 2.22. The van der Waals surface area contributed by atoms with Crippen molar-refractivity contribution in [2.75, 3.05) is 6.54 Å². The largest absolute Gasteiger partial charge is 0.481 e. The molecular weight excluding hydrogens is 264 g/mol. The molecule has 3 nitrogen and oxygen atoms in total. The third-order valence-electron chi connectivity index (χ3n) is 3.12. The van der Waals surface area contributed by atoms with Gasteiger partial charge in [-0.2, -0.15) is 0 Å². The van der Waals surface area contributed by atoms with Crippen molar-refractivity contribution >= 4 is 5.97 Å². The van der Waals surface area contributed by atoms with Crippen LogP contribution in [-0.2, 0) is 4.79 Å². The van der Waals surface area contributed by atoms with Crippen molar-refractivity contribution in [1.29, 1.82) is 0 Å². The average Bonchev–Trinajstić information content (AvgIpc) is 2.37. The number of benzene rings is 1. The second-order valence-electron chi connectivity index (χ2n) is 4.81. The molecule has 5 heteroatoms. The molecule has 0 radical (unpaired) electrons. The molecule has 0 spiro atoms. The fourth-order valence-electron chi connectivity index (χ4n) is 2.12. The van der Waals surface area contributed by atoms with E-state index in [2.05, 4.69) is 5.32 Å². The lowest BCUT2D eigenvalue weighted by Crippen LogP contribution is -2.23. The van der Waals surface area contributed by atoms with Crippen LogP contribution in [0.5, 0.6) is 0 Å². The Bertz CT molecular complexity index is 438. The molecule has 0 saturated heterocycles. The number of nitrogens with one attached hydrogen (secondary N) is 1. The van der Waals surface area contributed by atoms with Gasteiger partial charge >= 0.3 is 5.97 Å². The Morgan fingerprint density at radius 3 is 2.70 bits per heavy atom. The van der Waals surface area contributed by atoms with E-state index >= 15 is 0 Å². The van der Waals surface area contributed by atoms with Gasteiger partial charge in [-0.15, -0.1) is 0 Å². The van der Waals surface area contributed by atoms with E-state index in [4.69, 9.17) is 5.11 Å². The Morgan fingerprint density at radius 2 is 2.10 bits per heavy atom. The highest BCUT2D eigenvalue weighted by molar-refractivity contribution is 5.66. The third-order valence-corrected chi connectivity index (χ3v) is 3.12. The Kier molecular flexibility index (Phi) is 7.15. The van der Waals surface area contributed by atoms with Crippen LogP contribution in [-0.4, -0.2) is 17.6 Å². The number of hydrogen-bond donors (Lipinski definition) is 2. The number of rotatable bonds is 9. The summed E-state index contributed by atoms with van der Waals surface area (Å²) in [5.41, 5.74) is 0.464. The highest BCUT2D eigenvalue weighted by Gasteiger charge is 2.14. The summed E-state index contributed by atoms with van der Waals surface area (Å²) in [5.74, 6) is -1.93. The predicted octanol–water partition coefficient (Wildman–Crippen LogP) is 3.65. The van der Waals surface area contributed by atoms with E-state index in [1.165, 1.54) is 12.1 Å². The molecule has 0 aliphatic rings. The summed E-state index contributed by atoms with van der Waals surface area (Å²) >= 11 is 0. The summed E-state index contributed by atoms with van der Waals surface area (Å²) in [6.45, 7) is 2.62. The van der Waals surface area contributed by atoms with Gasteiger partial charge in [0.1, 0.15) is 11.6 Å². The first-order valence-electron chi connectivity index (χ1n) is 6.94. The molecule has 1 aromatic rings. The first kappa shape index (κ1) is 16.6. The maximum absolute atomic E-state index is 13.7. The fraction of sp³-hybridized carbons (Fsp3) is 0.533. The molecule has 20 heavy (non-hydrogen) atoms. The molecule has 1 atom stereocenters. The number of carboxylic acid groups (broad SMARTS) is 1. The molecule has 0 aliphatic carbocycles. The number of hydrogen-bond acceptors (Lipinski definition) is 2. The van der Waals surface area contributed by atoms with Crippen LogP contribution < -0.4 is 5.32 Å². The normalized spacial score (nSPS) is 12.3. The zero-order valence-corrected chi connectivity index (χ0v) is 11.7. The van der Waals surface area contributed by atoms with Gasteiger partial charge in [0.2, 0.25) is 0 Å². The number of carboxylic acids is 1. The molecule has 0 aliphatic heterocycles. The van der Waals surface area contributed by atoms with Crippen LogP contribution in [0.1, 0.15) is 50.6 Å². The van der Waals surface area contributed by atoms with Crippen LogP contribution in [0.2, 0.25) is 0 Å². The molecule has 0 heterocycles. The van der Waals surface area contributed by atoms with Crippen LogP contribution in [0.3, 0.4) is 0 Å². The summed E-state index contributed by atoms with van der Waals surface area (Å²) in [7, 11) is 0. The van der Waals surface area contributed by atoms with Gasteiger partial charge in [0, 0.05) is 24.1 Å². The standard InChI is InChI=1S/C15H21F2NO2/c1-2-5-14(18-9-4-3-6-15(19)20)12-8-7-11(16)10-13(12)17/h7-8,10,14,18H,2-6,9H2,1H3,(H,19,20). The maximum atomic E-state index is 13.7. The van der Waals surface area contributed by atoms with Gasteiger partial charge in [-0.05, 0) is 31.9 Å². The van der Waals surface area contributed by atoms with Crippen molar-refractivity contribution in [3.05, 3.63) is 35.4 Å². The van der Waals surface area contributed by atoms with Crippen LogP contribution in [0.4, 0.5) is 8.78 Å². The number of aliphatic carboxylic acids is 1. The van der Waals surface area contributed by atoms with Crippen molar-refractivity contribution in [3.8, 4) is 0 Å². The minimum absolute atomic E-state index is 0.144. The average molecular weight is 285 g/mol. The topological polar surface area (TPSA) is 49.3 Å². The summed E-state index contributed by atoms with van der Waals surface area (Å²) in [6, 6.07) is 3.46. The molecule has 1 aromatic carbocycles. The smallest absolute Gasteiger partial charge is 0.303 e. The summed E-state index contributed by atoms with van der Waals surface area (Å²) in [4.78, 5) is 10.4. The molecule has 112 valence electrons. The molecule has 0 aromatic heterocycles. The third kappa shape index (κ3) is 5.65. The Hall–Kier alpha value is -1.49. The van der Waals surface area contributed by atoms with E-state index in [-0.39, 0.29) is 12.5 Å². The van der Waals surface area contributed by atoms with Crippen molar-refractivity contribution in [2.45, 2.75) is 45.1 Å². The van der Waals surface area contributed by atoms with Gasteiger partial charge < -0.3 is 10.4 Å². The minimum atomic E-state index is -0.806. The lowest BCUT2D eigenvalue weighted by atomic mass is 10.0. The number of carbonyl (C=O) groups is 1. The van der Waals surface area contributed by atoms with Crippen LogP contribution in [0.25, 0.3) is 0 Å². The van der Waals surface area contributed by atoms with Crippen molar-refractivity contribution in [1.82, 2.24) is 5.32 Å². The van der Waals surface area contributed by atoms with Crippen LogP contribution in [0.15, 0.2) is 18.2 Å². The van der Waals surface area contributed by atoms with Gasteiger partial charge in [0.25, 0.3) is 0 Å². The molecule has 1 rings (SSSR count). The molecule has 1 unspecified atom stereocenters. The van der Waals surface area contributed by atoms with Gasteiger partial charge in [0.15, 0.2) is 0 Å². The summed E-state index contributed by atoms with van der Waals surface area (Å²) in [5, 5.41) is 11.8. The van der Waals surface area contributed by atoms with Gasteiger partial charge in [-0.25, -0.2) is 8.78 Å². The highest BCUT2D eigenvalue weighted by atomic mass is 19.1. The van der Waals surface area contributed by atoms with E-state index in [0.717, 1.165) is 25.3 Å². The first-order chi connectivity index (χ1) is 9.54. The van der Waals surface area contributed by atoms with Gasteiger partial charge in [-0.3, -0.25) is 4.79 Å². The van der Waals surface area contributed by atoms with E-state index in [0.29, 0.717) is 18.5 Å². The zero-order chi connectivity index (χ0) is 15.0. The number of unbranched alkanes of at least 4 members (excludes halogenated alkanes) is 1. The monoisotopic (exact) mass is 285 g/mol. The quantitative estimate of drug-likeness (QED) is 0.681. The molecule has 0 amide bonds. The first-order valence-corrected chi connectivity index (χ1v) is 6.94. The molecule has 0 fully saturated rings. The fourth-order valence-corrected chi connectivity index (χ4v) is 2.12. The Morgan fingerprint density at radius 1 is 1.35 bits per heavy atom. The molecule has 0 saturated carbocycles. The molecule has 0 bridgehead atoms. The second kappa shape index (κ2) is 8.64. The van der Waals surface area contributed by atoms with Crippen molar-refractivity contribution in [2.24, 2.45) is 0 Å². The Balaban J connectivity index is 2.53. The minimum Gasteiger partial charge on any atom is -0.481 e. The van der Waals surface area contributed by atoms with Crippen LogP contribution >= 0.6 is 0 Å². The van der Waals surface area contributed by atoms with E-state index in [1.54, 1.807) is 0 Å². The van der Waals surface area contributed by atoms with Gasteiger partial charge in [-0.1, -0.05) is 19.4 Å². The number of halogens is 2. The zero-order valence-electron chi connectivity index (χ0n) is 11.7. The van der Waals surface area contributed by atoms with Crippen molar-refractivity contribution < 1.29 is 18.7 Å². The van der Waals surface area contributed by atoms with Crippen LogP contribution in [0, 0.1) is 11.6 Å². The Labute approximate surface area is 118 Å². The van der Waals surface area contributed by atoms with E-state index in [9.17, 15) is 13.6 Å². The lowest BCUT2D eigenvalue weighted by molar-refractivity contribution is -0.137. The lowest BCUT2D eigenvalue weighted by Gasteiger charge is -2.19. The van der Waals surface area contributed by atoms with Gasteiger partial charge in [0.05, 0.1) is 0 Å². The SMILES string of the molecule is CCCC(NCCCCC(=O)O)c1ccc(F)cc1F. The van der Waals surface area contributed by atoms with E-state index < -0.39 is 17.6 Å². The summed E-state index contributed by atoms with van der Waals surface area (Å²) in [6.07, 6.45) is 3.08. The second-order valence-corrected chi connectivity index (χ2v) is 4.81. The van der Waals surface area contributed by atoms with Crippen molar-refractivity contribution in [3.63, 3.8) is 0 Å². The maximum Gasteiger partial charge on any atom is 0.303 e. The molecule has 2 N–H and O–H groups in total.